The maximum Gasteiger partial charge on any atom is 0.472 e. The van der Waals surface area contributed by atoms with E-state index in [9.17, 15) is 19.4 Å². The molecule has 9 heteroatoms. The van der Waals surface area contributed by atoms with Gasteiger partial charge in [0.05, 0.1) is 39.9 Å². The Hall–Kier alpha value is -0.760. The summed E-state index contributed by atoms with van der Waals surface area (Å²) >= 11 is 0. The molecule has 0 saturated carbocycles. The first-order chi connectivity index (χ1) is 21.0. The Kier molecular flexibility index (Phi) is 28.0. The smallest absolute Gasteiger partial charge is 0.387 e. The highest BCUT2D eigenvalue weighted by Gasteiger charge is 2.27. The second kappa shape index (κ2) is 28.5. The monoisotopic (exact) mass is 648 g/mol. The number of nitrogens with one attached hydrogen (secondary N) is 1. The number of hydrogen-bond acceptors (Lipinski definition) is 5. The van der Waals surface area contributed by atoms with Gasteiger partial charge >= 0.3 is 7.82 Å². The number of hydrogen-bond donors (Lipinski definition) is 3. The zero-order chi connectivity index (χ0) is 32.9. The van der Waals surface area contributed by atoms with Gasteiger partial charge in [-0.05, 0) is 19.3 Å². The first-order valence-corrected chi connectivity index (χ1v) is 19.6. The molecule has 3 atom stereocenters. The Morgan fingerprint density at radius 3 is 1.68 bits per heavy atom. The molecule has 0 aliphatic heterocycles. The number of carbonyl (C=O) groups is 1. The number of unbranched alkanes of at least 4 members (excludes halogenated alkanes) is 19. The molecule has 0 radical (unpaired) electrons. The Balaban J connectivity index is 4.37. The predicted molar refractivity (Wildman–Crippen MR) is 185 cm³/mol. The van der Waals surface area contributed by atoms with Gasteiger partial charge in [-0.2, -0.15) is 0 Å². The van der Waals surface area contributed by atoms with Crippen LogP contribution in [0.5, 0.6) is 0 Å². The minimum absolute atomic E-state index is 0.0633. The molecule has 0 aromatic heterocycles. The lowest BCUT2D eigenvalue weighted by Crippen LogP contribution is -2.45. The third kappa shape index (κ3) is 29.9. The molecular weight excluding hydrogens is 575 g/mol. The average molecular weight is 648 g/mol. The molecule has 262 valence electrons. The maximum absolute atomic E-state index is 12.6. The third-order valence-electron chi connectivity index (χ3n) is 8.01. The van der Waals surface area contributed by atoms with Crippen LogP contribution in [0.4, 0.5) is 0 Å². The third-order valence-corrected chi connectivity index (χ3v) is 8.99. The number of rotatable bonds is 32. The lowest BCUT2D eigenvalue weighted by Gasteiger charge is -2.25. The van der Waals surface area contributed by atoms with Crippen molar-refractivity contribution in [1.29, 1.82) is 0 Å². The zero-order valence-electron chi connectivity index (χ0n) is 29.4. The van der Waals surface area contributed by atoms with Crippen molar-refractivity contribution >= 4 is 13.7 Å². The molecule has 1 amide bonds. The van der Waals surface area contributed by atoms with Gasteiger partial charge in [0.15, 0.2) is 0 Å². The highest BCUT2D eigenvalue weighted by Crippen LogP contribution is 2.43. The van der Waals surface area contributed by atoms with Crippen LogP contribution in [0.3, 0.4) is 0 Å². The number of quaternary nitrogens is 1. The average Bonchev–Trinajstić information content (AvgIpc) is 2.95. The summed E-state index contributed by atoms with van der Waals surface area (Å²) in [6.07, 6.45) is 28.8. The van der Waals surface area contributed by atoms with Crippen molar-refractivity contribution in [2.75, 3.05) is 40.9 Å². The summed E-state index contributed by atoms with van der Waals surface area (Å²) in [5, 5.41) is 13.6. The van der Waals surface area contributed by atoms with E-state index < -0.39 is 20.0 Å². The number of aliphatic hydroxyl groups excluding tert-OH is 1. The van der Waals surface area contributed by atoms with Crippen LogP contribution in [-0.4, -0.2) is 73.4 Å². The van der Waals surface area contributed by atoms with Gasteiger partial charge in [0.2, 0.25) is 5.91 Å². The van der Waals surface area contributed by atoms with Gasteiger partial charge in [0.1, 0.15) is 13.2 Å². The summed E-state index contributed by atoms with van der Waals surface area (Å²) in [7, 11) is 1.57. The number of nitrogens with zero attached hydrogens (tertiary/aromatic N) is 1. The summed E-state index contributed by atoms with van der Waals surface area (Å²) in [5.74, 6) is -0.191. The quantitative estimate of drug-likeness (QED) is 0.0292. The van der Waals surface area contributed by atoms with Crippen LogP contribution in [-0.2, 0) is 18.4 Å². The van der Waals surface area contributed by atoms with Crippen molar-refractivity contribution in [3.63, 3.8) is 0 Å². The number of aliphatic hydroxyl groups is 1. The van der Waals surface area contributed by atoms with Gasteiger partial charge in [-0.3, -0.25) is 13.8 Å². The predicted octanol–water partition coefficient (Wildman–Crippen LogP) is 8.85. The van der Waals surface area contributed by atoms with E-state index in [2.05, 4.69) is 19.2 Å². The molecule has 44 heavy (non-hydrogen) atoms. The van der Waals surface area contributed by atoms with Crippen LogP contribution in [0.25, 0.3) is 0 Å². The van der Waals surface area contributed by atoms with E-state index in [0.29, 0.717) is 17.4 Å². The Morgan fingerprint density at radius 1 is 0.750 bits per heavy atom. The van der Waals surface area contributed by atoms with Gasteiger partial charge in [-0.15, -0.1) is 0 Å². The number of phosphoric acid groups is 1. The molecule has 0 heterocycles. The summed E-state index contributed by atoms with van der Waals surface area (Å²) in [5.41, 5.74) is 0. The fourth-order valence-corrected chi connectivity index (χ4v) is 5.77. The summed E-state index contributed by atoms with van der Waals surface area (Å²) in [6, 6.07) is -0.835. The molecule has 0 aliphatic rings. The lowest BCUT2D eigenvalue weighted by molar-refractivity contribution is -0.870. The molecule has 0 spiro atoms. The largest absolute Gasteiger partial charge is 0.472 e. The van der Waals surface area contributed by atoms with Gasteiger partial charge in [-0.1, -0.05) is 142 Å². The van der Waals surface area contributed by atoms with Crippen molar-refractivity contribution in [2.45, 2.75) is 167 Å². The first-order valence-electron chi connectivity index (χ1n) is 18.1. The van der Waals surface area contributed by atoms with Crippen LogP contribution in [0.2, 0.25) is 0 Å². The van der Waals surface area contributed by atoms with E-state index in [1.54, 1.807) is 6.08 Å². The van der Waals surface area contributed by atoms with Gasteiger partial charge in [-0.25, -0.2) is 4.57 Å². The summed E-state index contributed by atoms with van der Waals surface area (Å²) in [4.78, 5) is 22.7. The minimum atomic E-state index is -4.31. The highest BCUT2D eigenvalue weighted by molar-refractivity contribution is 7.47. The van der Waals surface area contributed by atoms with E-state index in [1.807, 2.05) is 27.2 Å². The maximum atomic E-state index is 12.6. The van der Waals surface area contributed by atoms with Gasteiger partial charge in [0.25, 0.3) is 0 Å². The molecular formula is C35H72N2O6P+. The number of likely N-dealkylation sites (N-methyl/N-ethyl adjacent to an activating group) is 1. The van der Waals surface area contributed by atoms with E-state index in [0.717, 1.165) is 51.4 Å². The molecule has 3 N–H and O–H groups in total. The minimum Gasteiger partial charge on any atom is -0.387 e. The number of phosphoric ester groups is 1. The fraction of sp³-hybridized carbons (Fsp3) is 0.914. The number of amides is 1. The van der Waals surface area contributed by atoms with Gasteiger partial charge in [0, 0.05) is 6.42 Å². The molecule has 0 aromatic rings. The van der Waals surface area contributed by atoms with Crippen molar-refractivity contribution in [1.82, 2.24) is 5.32 Å². The fourth-order valence-electron chi connectivity index (χ4n) is 5.04. The summed E-state index contributed by atoms with van der Waals surface area (Å²) < 4.78 is 23.3. The normalized spacial score (nSPS) is 15.0. The number of allylic oxidation sites excluding steroid dienone is 1. The number of carbonyl (C=O) groups excluding carboxylic acids is 1. The van der Waals surface area contributed by atoms with Crippen LogP contribution in [0.1, 0.15) is 155 Å². The molecule has 0 aromatic carbocycles. The second-order valence-corrected chi connectivity index (χ2v) is 15.1. The molecule has 0 rings (SSSR count). The molecule has 0 fully saturated rings. The second-order valence-electron chi connectivity index (χ2n) is 13.6. The van der Waals surface area contributed by atoms with E-state index in [-0.39, 0.29) is 19.1 Å². The van der Waals surface area contributed by atoms with Crippen molar-refractivity contribution < 1.29 is 32.9 Å². The standard InChI is InChI=1S/C35H71N2O6P/c1-6-8-10-12-13-14-15-16-17-18-19-20-21-22-23-25-26-28-34(38)33(36-35(39)29-27-24-11-9-7-2)32-43-44(40,41)42-31-30-37(3,4)5/h26,28,33-34,38H,6-25,27,29-32H2,1-5H3,(H-,36,39,40,41)/p+1/b28-26+. The zero-order valence-corrected chi connectivity index (χ0v) is 30.3. The first kappa shape index (κ1) is 43.2. The Labute approximate surface area is 272 Å². The van der Waals surface area contributed by atoms with Crippen molar-refractivity contribution in [2.24, 2.45) is 0 Å². The molecule has 3 unspecified atom stereocenters. The van der Waals surface area contributed by atoms with Crippen LogP contribution in [0, 0.1) is 0 Å². The van der Waals surface area contributed by atoms with Crippen LogP contribution >= 0.6 is 7.82 Å². The van der Waals surface area contributed by atoms with Crippen LogP contribution in [0.15, 0.2) is 12.2 Å². The van der Waals surface area contributed by atoms with E-state index >= 15 is 0 Å². The molecule has 0 aliphatic carbocycles. The molecule has 0 saturated heterocycles. The SMILES string of the molecule is CCCCCCCCCCCCCCCCC/C=C/C(O)C(COP(=O)(O)OCC[N+](C)(C)C)NC(=O)CCCCCCC. The van der Waals surface area contributed by atoms with E-state index in [4.69, 9.17) is 9.05 Å². The lowest BCUT2D eigenvalue weighted by atomic mass is 10.0. The van der Waals surface area contributed by atoms with Gasteiger partial charge < -0.3 is 19.8 Å². The van der Waals surface area contributed by atoms with Crippen molar-refractivity contribution in [3.8, 4) is 0 Å². The Morgan fingerprint density at radius 2 is 1.20 bits per heavy atom. The molecule has 0 bridgehead atoms. The van der Waals surface area contributed by atoms with Crippen LogP contribution < -0.4 is 5.32 Å². The van der Waals surface area contributed by atoms with Crippen molar-refractivity contribution in [3.05, 3.63) is 12.2 Å². The molecule has 8 nitrogen and oxygen atoms in total. The highest BCUT2D eigenvalue weighted by atomic mass is 31.2. The Bertz CT molecular complexity index is 743. The topological polar surface area (TPSA) is 105 Å². The van der Waals surface area contributed by atoms with E-state index in [1.165, 1.54) is 83.5 Å². The summed E-state index contributed by atoms with van der Waals surface area (Å²) in [6.45, 7) is 4.71.